The first-order valence-corrected chi connectivity index (χ1v) is 6.13. The normalized spacial score (nSPS) is 73.4. The highest BCUT2D eigenvalue weighted by Gasteiger charge is 2.83. The molecule has 1 N–H and O–H groups in total. The minimum atomic E-state index is 0.490. The summed E-state index contributed by atoms with van der Waals surface area (Å²) in [5, 5.41) is 12.8. The molecule has 5 fully saturated rings. The summed E-state index contributed by atoms with van der Waals surface area (Å²) in [6.45, 7) is 0. The van der Waals surface area contributed by atoms with Crippen LogP contribution in [0.15, 0.2) is 5.16 Å². The second-order valence-corrected chi connectivity index (χ2v) is 6.15. The number of rotatable bonds is 1. The average molecular weight is 205 g/mol. The standard InChI is InChI=1S/C12H15NO2/c1-15-12-8-4-2-3-5-6(4)10(12)9(5)11(13-14)7(3)8/h3-10,12,14H,2H2,1H3/b13-11-. The molecular formula is C12H15NO2. The van der Waals surface area contributed by atoms with Crippen LogP contribution in [0.5, 0.6) is 0 Å². The number of hydrogen-bond acceptors (Lipinski definition) is 3. The van der Waals surface area contributed by atoms with Crippen LogP contribution < -0.4 is 0 Å². The van der Waals surface area contributed by atoms with Gasteiger partial charge < -0.3 is 9.94 Å². The van der Waals surface area contributed by atoms with Crippen molar-refractivity contribution in [1.82, 2.24) is 0 Å². The number of ether oxygens (including phenoxy) is 1. The van der Waals surface area contributed by atoms with Gasteiger partial charge in [-0.3, -0.25) is 0 Å². The Labute approximate surface area is 88.5 Å². The number of fused-ring (bicyclic) bond motifs is 2. The largest absolute Gasteiger partial charge is 0.411 e. The fourth-order valence-corrected chi connectivity index (χ4v) is 6.56. The van der Waals surface area contributed by atoms with E-state index >= 15 is 0 Å². The van der Waals surface area contributed by atoms with Crippen LogP contribution >= 0.6 is 0 Å². The fraction of sp³-hybridized carbons (Fsp3) is 0.917. The second-order valence-electron chi connectivity index (χ2n) is 6.15. The summed E-state index contributed by atoms with van der Waals surface area (Å²) < 4.78 is 5.73. The van der Waals surface area contributed by atoms with Gasteiger partial charge in [-0.2, -0.15) is 0 Å². The van der Waals surface area contributed by atoms with Gasteiger partial charge in [0.25, 0.3) is 0 Å². The first-order valence-electron chi connectivity index (χ1n) is 6.13. The Kier molecular flexibility index (Phi) is 1.01. The third-order valence-electron chi connectivity index (χ3n) is 6.45. The Morgan fingerprint density at radius 2 is 2.00 bits per heavy atom. The molecule has 5 aliphatic rings. The SMILES string of the molecule is COC1C2C3CC4C2/C(=N/O)C2C4C3C12. The van der Waals surface area contributed by atoms with E-state index in [2.05, 4.69) is 5.16 Å². The van der Waals surface area contributed by atoms with Gasteiger partial charge in [-0.1, -0.05) is 5.16 Å². The molecule has 0 amide bonds. The third kappa shape index (κ3) is 0.497. The first-order chi connectivity index (χ1) is 7.38. The van der Waals surface area contributed by atoms with E-state index < -0.39 is 0 Å². The third-order valence-corrected chi connectivity index (χ3v) is 6.45. The molecule has 0 aliphatic heterocycles. The molecule has 0 saturated heterocycles. The topological polar surface area (TPSA) is 41.8 Å². The summed E-state index contributed by atoms with van der Waals surface area (Å²) in [7, 11) is 1.87. The predicted octanol–water partition coefficient (Wildman–Crippen LogP) is 1.22. The van der Waals surface area contributed by atoms with E-state index in [1.54, 1.807) is 0 Å². The molecule has 0 spiro atoms. The van der Waals surface area contributed by atoms with Gasteiger partial charge in [0.15, 0.2) is 0 Å². The lowest BCUT2D eigenvalue weighted by atomic mass is 9.59. The van der Waals surface area contributed by atoms with Gasteiger partial charge in [0.1, 0.15) is 0 Å². The smallest absolute Gasteiger partial charge is 0.0646 e. The maximum Gasteiger partial charge on any atom is 0.0646 e. The molecule has 3 nitrogen and oxygen atoms in total. The van der Waals surface area contributed by atoms with Crippen molar-refractivity contribution in [3.8, 4) is 0 Å². The second kappa shape index (κ2) is 1.97. The van der Waals surface area contributed by atoms with E-state index in [0.29, 0.717) is 29.8 Å². The molecule has 3 heteroatoms. The zero-order chi connectivity index (χ0) is 9.89. The summed E-state index contributed by atoms with van der Waals surface area (Å²) in [6.07, 6.45) is 1.89. The minimum Gasteiger partial charge on any atom is -0.411 e. The highest BCUT2D eigenvalue weighted by Crippen LogP contribution is 2.82. The zero-order valence-electron chi connectivity index (χ0n) is 8.71. The molecule has 0 heterocycles. The lowest BCUT2D eigenvalue weighted by Gasteiger charge is -2.46. The van der Waals surface area contributed by atoms with E-state index in [0.717, 1.165) is 29.4 Å². The van der Waals surface area contributed by atoms with Crippen molar-refractivity contribution < 1.29 is 9.94 Å². The van der Waals surface area contributed by atoms with Crippen molar-refractivity contribution >= 4 is 5.71 Å². The summed E-state index contributed by atoms with van der Waals surface area (Å²) in [4.78, 5) is 0. The van der Waals surface area contributed by atoms with Crippen LogP contribution in [-0.4, -0.2) is 24.1 Å². The summed E-state index contributed by atoms with van der Waals surface area (Å²) in [6, 6.07) is 0. The number of nitrogens with zero attached hydrogens (tertiary/aromatic N) is 1. The molecule has 9 atom stereocenters. The van der Waals surface area contributed by atoms with Crippen molar-refractivity contribution in [2.24, 2.45) is 52.5 Å². The molecule has 80 valence electrons. The Morgan fingerprint density at radius 3 is 2.73 bits per heavy atom. The number of methoxy groups -OCH3 is 1. The molecule has 15 heavy (non-hydrogen) atoms. The highest BCUT2D eigenvalue weighted by atomic mass is 16.5. The number of oxime groups is 1. The Bertz CT molecular complexity index is 393. The van der Waals surface area contributed by atoms with E-state index in [-0.39, 0.29) is 0 Å². The van der Waals surface area contributed by atoms with E-state index in [9.17, 15) is 5.21 Å². The molecule has 0 radical (unpaired) electrons. The van der Waals surface area contributed by atoms with Crippen molar-refractivity contribution in [2.45, 2.75) is 12.5 Å². The van der Waals surface area contributed by atoms with E-state index in [1.807, 2.05) is 7.11 Å². The molecule has 0 aromatic carbocycles. The average Bonchev–Trinajstić information content (AvgIpc) is 2.73. The highest BCUT2D eigenvalue weighted by molar-refractivity contribution is 5.95. The van der Waals surface area contributed by atoms with Gasteiger partial charge in [-0.05, 0) is 41.9 Å². The van der Waals surface area contributed by atoms with E-state index in [4.69, 9.17) is 4.74 Å². The maximum atomic E-state index is 9.19. The van der Waals surface area contributed by atoms with Crippen LogP contribution in [-0.2, 0) is 4.74 Å². The Hall–Kier alpha value is -0.570. The predicted molar refractivity (Wildman–Crippen MR) is 52.6 cm³/mol. The minimum absolute atomic E-state index is 0.490. The zero-order valence-corrected chi connectivity index (χ0v) is 8.71. The summed E-state index contributed by atoms with van der Waals surface area (Å²) in [5.74, 6) is 6.20. The van der Waals surface area contributed by atoms with Crippen molar-refractivity contribution in [3.05, 3.63) is 0 Å². The van der Waals surface area contributed by atoms with Gasteiger partial charge in [0.2, 0.25) is 0 Å². The van der Waals surface area contributed by atoms with Crippen LogP contribution in [0.1, 0.15) is 6.42 Å². The molecular weight excluding hydrogens is 190 g/mol. The van der Waals surface area contributed by atoms with Crippen LogP contribution in [0.4, 0.5) is 0 Å². The molecule has 5 saturated carbocycles. The molecule has 9 unspecified atom stereocenters. The molecule has 0 aromatic rings. The monoisotopic (exact) mass is 205 g/mol. The van der Waals surface area contributed by atoms with Crippen LogP contribution in [0.3, 0.4) is 0 Å². The summed E-state index contributed by atoms with van der Waals surface area (Å²) >= 11 is 0. The van der Waals surface area contributed by atoms with Gasteiger partial charge in [0.05, 0.1) is 11.8 Å². The molecule has 0 aromatic heterocycles. The van der Waals surface area contributed by atoms with Crippen molar-refractivity contribution in [1.29, 1.82) is 0 Å². The number of hydrogen-bond donors (Lipinski definition) is 1. The van der Waals surface area contributed by atoms with Crippen LogP contribution in [0.25, 0.3) is 0 Å². The quantitative estimate of drug-likeness (QED) is 0.516. The molecule has 2 bridgehead atoms. The van der Waals surface area contributed by atoms with Gasteiger partial charge in [-0.15, -0.1) is 0 Å². The van der Waals surface area contributed by atoms with Crippen molar-refractivity contribution in [2.75, 3.05) is 7.11 Å². The lowest BCUT2D eigenvalue weighted by molar-refractivity contribution is -0.0368. The van der Waals surface area contributed by atoms with Gasteiger partial charge >= 0.3 is 0 Å². The Balaban J connectivity index is 1.76. The first kappa shape index (κ1) is 7.66. The maximum absolute atomic E-state index is 9.19. The molecule has 5 rings (SSSR count). The molecule has 5 aliphatic carbocycles. The van der Waals surface area contributed by atoms with Gasteiger partial charge in [-0.25, -0.2) is 0 Å². The summed E-state index contributed by atoms with van der Waals surface area (Å²) in [5.41, 5.74) is 1.16. The van der Waals surface area contributed by atoms with E-state index in [1.165, 1.54) is 6.42 Å². The van der Waals surface area contributed by atoms with Gasteiger partial charge in [0, 0.05) is 18.9 Å². The van der Waals surface area contributed by atoms with Crippen LogP contribution in [0, 0.1) is 47.3 Å². The lowest BCUT2D eigenvalue weighted by Crippen LogP contribution is -2.50. The Morgan fingerprint density at radius 1 is 1.13 bits per heavy atom. The fourth-order valence-electron chi connectivity index (χ4n) is 6.56. The van der Waals surface area contributed by atoms with Crippen molar-refractivity contribution in [3.63, 3.8) is 0 Å². The van der Waals surface area contributed by atoms with Crippen LogP contribution in [0.2, 0.25) is 0 Å².